The van der Waals surface area contributed by atoms with Crippen molar-refractivity contribution in [2.24, 2.45) is 0 Å². The van der Waals surface area contributed by atoms with E-state index in [4.69, 9.17) is 5.11 Å². The summed E-state index contributed by atoms with van der Waals surface area (Å²) < 4.78 is 24.5. The Balaban J connectivity index is 2.22. The maximum atomic E-state index is 11.6. The fraction of sp³-hybridized carbons (Fsp3) is 0.333. The molecule has 0 spiro atoms. The van der Waals surface area contributed by atoms with E-state index in [-0.39, 0.29) is 5.75 Å². The number of carboxylic acids is 1. The molecule has 2 rings (SSSR count). The lowest BCUT2D eigenvalue weighted by Crippen LogP contribution is -2.24. The number of carboxylic acid groups (broad SMARTS) is 1. The Bertz CT molecular complexity index is 561. The summed E-state index contributed by atoms with van der Waals surface area (Å²) in [6.45, 7) is 0.442. The first-order valence-electron chi connectivity index (χ1n) is 4.86. The van der Waals surface area contributed by atoms with Crippen LogP contribution in [0, 0.1) is 0 Å². The lowest BCUT2D eigenvalue weighted by molar-refractivity contribution is -0.131. The molecule has 1 aromatic rings. The van der Waals surface area contributed by atoms with Gasteiger partial charge in [0.25, 0.3) is 0 Å². The number of hydrogen-bond donors (Lipinski definition) is 1. The maximum absolute atomic E-state index is 11.6. The summed E-state index contributed by atoms with van der Waals surface area (Å²) in [7, 11) is -3.22. The summed E-state index contributed by atoms with van der Waals surface area (Å²) in [6, 6.07) is 0. The van der Waals surface area contributed by atoms with E-state index in [1.165, 1.54) is 16.6 Å². The van der Waals surface area contributed by atoms with Gasteiger partial charge in [0, 0.05) is 23.7 Å². The fourth-order valence-electron chi connectivity index (χ4n) is 1.48. The van der Waals surface area contributed by atoms with Crippen LogP contribution in [0.3, 0.4) is 0 Å². The third kappa shape index (κ3) is 2.64. The molecule has 0 amide bonds. The molecule has 0 atom stereocenters. The van der Waals surface area contributed by atoms with Crippen LogP contribution in [0.2, 0.25) is 0 Å². The van der Waals surface area contributed by atoms with Crippen molar-refractivity contribution in [1.82, 2.24) is 4.98 Å². The highest BCUT2D eigenvalue weighted by Gasteiger charge is 2.30. The molecule has 0 bridgehead atoms. The van der Waals surface area contributed by atoms with E-state index in [1.807, 2.05) is 0 Å². The van der Waals surface area contributed by atoms with Crippen molar-refractivity contribution < 1.29 is 18.3 Å². The van der Waals surface area contributed by atoms with Gasteiger partial charge in [-0.1, -0.05) is 11.3 Å². The van der Waals surface area contributed by atoms with Gasteiger partial charge < -0.3 is 5.11 Å². The summed E-state index contributed by atoms with van der Waals surface area (Å²) in [5, 5.41) is 8.86. The van der Waals surface area contributed by atoms with E-state index < -0.39 is 16.0 Å². The highest BCUT2D eigenvalue weighted by atomic mass is 32.2. The van der Waals surface area contributed by atoms with Crippen molar-refractivity contribution in [2.75, 3.05) is 16.6 Å². The Hall–Kier alpha value is -1.41. The predicted octanol–water partition coefficient (Wildman–Crippen LogP) is 0.781. The Morgan fingerprint density at radius 1 is 1.59 bits per heavy atom. The molecule has 1 aliphatic rings. The van der Waals surface area contributed by atoms with Crippen molar-refractivity contribution in [3.05, 3.63) is 17.2 Å². The van der Waals surface area contributed by atoms with Crippen LogP contribution in [-0.4, -0.2) is 36.8 Å². The minimum absolute atomic E-state index is 0.146. The molecule has 17 heavy (non-hydrogen) atoms. The molecule has 0 aromatic carbocycles. The molecule has 1 aromatic heterocycles. The number of carbonyl (C=O) groups is 1. The van der Waals surface area contributed by atoms with Crippen LogP contribution in [-0.2, 0) is 14.8 Å². The highest BCUT2D eigenvalue weighted by Crippen LogP contribution is 2.28. The smallest absolute Gasteiger partial charge is 0.328 e. The Kier molecular flexibility index (Phi) is 3.16. The van der Waals surface area contributed by atoms with E-state index in [0.29, 0.717) is 23.0 Å². The van der Waals surface area contributed by atoms with Crippen molar-refractivity contribution in [3.8, 4) is 0 Å². The molecule has 1 saturated heterocycles. The second-order valence-corrected chi connectivity index (χ2v) is 6.51. The maximum Gasteiger partial charge on any atom is 0.328 e. The lowest BCUT2D eigenvalue weighted by Gasteiger charge is -2.11. The molecule has 1 aliphatic heterocycles. The van der Waals surface area contributed by atoms with Gasteiger partial charge in [-0.3, -0.25) is 0 Å². The first-order valence-corrected chi connectivity index (χ1v) is 7.29. The third-order valence-corrected chi connectivity index (χ3v) is 5.15. The van der Waals surface area contributed by atoms with Crippen LogP contribution in [0.1, 0.15) is 11.3 Å². The summed E-state index contributed by atoms with van der Waals surface area (Å²) >= 11 is 1.16. The monoisotopic (exact) mass is 274 g/mol. The van der Waals surface area contributed by atoms with Gasteiger partial charge in [0.1, 0.15) is 0 Å². The van der Waals surface area contributed by atoms with Gasteiger partial charge in [-0.15, -0.1) is 0 Å². The second kappa shape index (κ2) is 4.46. The lowest BCUT2D eigenvalue weighted by atomic mass is 10.4. The minimum Gasteiger partial charge on any atom is -0.478 e. The number of hydrogen-bond acceptors (Lipinski definition) is 5. The zero-order valence-electron chi connectivity index (χ0n) is 8.74. The Morgan fingerprint density at radius 2 is 2.35 bits per heavy atom. The summed E-state index contributed by atoms with van der Waals surface area (Å²) in [5.74, 6) is -0.902. The van der Waals surface area contributed by atoms with Crippen molar-refractivity contribution in [3.63, 3.8) is 0 Å². The zero-order chi connectivity index (χ0) is 12.5. The van der Waals surface area contributed by atoms with Gasteiger partial charge in [-0.2, -0.15) is 0 Å². The normalized spacial score (nSPS) is 18.9. The van der Waals surface area contributed by atoms with Crippen LogP contribution >= 0.6 is 11.3 Å². The number of rotatable bonds is 3. The SMILES string of the molecule is O=C(O)/C=C/c1cnc(N2CCCS2(=O)=O)s1. The molecule has 0 radical (unpaired) electrons. The van der Waals surface area contributed by atoms with Crippen LogP contribution in [0.15, 0.2) is 12.3 Å². The van der Waals surface area contributed by atoms with Gasteiger partial charge in [-0.05, 0) is 12.5 Å². The summed E-state index contributed by atoms with van der Waals surface area (Å²) in [5.41, 5.74) is 0. The molecular formula is C9H10N2O4S2. The molecule has 8 heteroatoms. The Morgan fingerprint density at radius 3 is 2.94 bits per heavy atom. The zero-order valence-corrected chi connectivity index (χ0v) is 10.4. The van der Waals surface area contributed by atoms with Crippen molar-refractivity contribution in [2.45, 2.75) is 6.42 Å². The van der Waals surface area contributed by atoms with Gasteiger partial charge in [-0.25, -0.2) is 22.5 Å². The molecule has 0 saturated carbocycles. The largest absolute Gasteiger partial charge is 0.478 e. The second-order valence-electron chi connectivity index (χ2n) is 3.46. The van der Waals surface area contributed by atoms with Crippen LogP contribution < -0.4 is 4.31 Å². The highest BCUT2D eigenvalue weighted by molar-refractivity contribution is 7.93. The number of aromatic nitrogens is 1. The number of sulfonamides is 1. The molecule has 1 N–H and O–H groups in total. The van der Waals surface area contributed by atoms with Crippen LogP contribution in [0.5, 0.6) is 0 Å². The predicted molar refractivity (Wildman–Crippen MR) is 64.5 cm³/mol. The van der Waals surface area contributed by atoms with E-state index in [1.54, 1.807) is 0 Å². The van der Waals surface area contributed by atoms with E-state index in [0.717, 1.165) is 17.4 Å². The molecule has 92 valence electrons. The molecule has 6 nitrogen and oxygen atoms in total. The summed E-state index contributed by atoms with van der Waals surface area (Å²) in [4.78, 5) is 14.9. The van der Waals surface area contributed by atoms with E-state index >= 15 is 0 Å². The average Bonchev–Trinajstić information content (AvgIpc) is 2.80. The minimum atomic E-state index is -3.22. The van der Waals surface area contributed by atoms with Crippen molar-refractivity contribution >= 4 is 38.5 Å². The average molecular weight is 274 g/mol. The number of nitrogens with zero attached hydrogens (tertiary/aromatic N) is 2. The topological polar surface area (TPSA) is 87.6 Å². The van der Waals surface area contributed by atoms with Gasteiger partial charge >= 0.3 is 5.97 Å². The third-order valence-electron chi connectivity index (χ3n) is 2.21. The first-order chi connectivity index (χ1) is 7.99. The molecule has 2 heterocycles. The van der Waals surface area contributed by atoms with Gasteiger partial charge in [0.2, 0.25) is 10.0 Å². The molecule has 0 unspecified atom stereocenters. The number of aliphatic carboxylic acids is 1. The molecule has 1 fully saturated rings. The van der Waals surface area contributed by atoms with Gasteiger partial charge in [0.15, 0.2) is 5.13 Å². The molecule has 0 aliphatic carbocycles. The van der Waals surface area contributed by atoms with E-state index in [2.05, 4.69) is 4.98 Å². The Labute approximate surface area is 102 Å². The van der Waals surface area contributed by atoms with Crippen LogP contribution in [0.25, 0.3) is 6.08 Å². The number of anilines is 1. The van der Waals surface area contributed by atoms with Gasteiger partial charge in [0.05, 0.1) is 5.75 Å². The first kappa shape index (κ1) is 12.1. The summed E-state index contributed by atoms with van der Waals surface area (Å²) in [6.07, 6.45) is 4.46. The fourth-order valence-corrected chi connectivity index (χ4v) is 4.09. The number of thiazole rings is 1. The quantitative estimate of drug-likeness (QED) is 0.823. The molecular weight excluding hydrogens is 264 g/mol. The van der Waals surface area contributed by atoms with E-state index in [9.17, 15) is 13.2 Å². The standard InChI is InChI=1S/C9H10N2O4S2/c12-8(13)3-2-7-6-10-9(16-7)11-4-1-5-17(11,14)15/h2-3,6H,1,4-5H2,(H,12,13)/b3-2+. The van der Waals surface area contributed by atoms with Crippen molar-refractivity contribution in [1.29, 1.82) is 0 Å². The van der Waals surface area contributed by atoms with Crippen LogP contribution in [0.4, 0.5) is 5.13 Å².